The van der Waals surface area contributed by atoms with Gasteiger partial charge < -0.3 is 15.4 Å². The summed E-state index contributed by atoms with van der Waals surface area (Å²) in [6.07, 6.45) is 0.703. The quantitative estimate of drug-likeness (QED) is 0.366. The van der Waals surface area contributed by atoms with E-state index in [2.05, 4.69) is 32.4 Å². The zero-order chi connectivity index (χ0) is 29.3. The summed E-state index contributed by atoms with van der Waals surface area (Å²) in [7, 11) is 0. The van der Waals surface area contributed by atoms with Gasteiger partial charge in [-0.15, -0.1) is 0 Å². The van der Waals surface area contributed by atoms with Crippen molar-refractivity contribution in [3.05, 3.63) is 23.0 Å². The first-order valence-electron chi connectivity index (χ1n) is 12.1. The summed E-state index contributed by atoms with van der Waals surface area (Å²) < 4.78 is 87.5. The summed E-state index contributed by atoms with van der Waals surface area (Å²) in [5.74, 6) is -0.264. The zero-order valence-electron chi connectivity index (χ0n) is 21.4. The number of hydrogen-bond donors (Lipinski definition) is 2. The van der Waals surface area contributed by atoms with Crippen LogP contribution in [-0.4, -0.2) is 54.5 Å². The standard InChI is InChI=1S/C23H29ClF5N5O2.O2S/c1-4-34-20(18(24)19(33-34)21(35)31-10-14-7-5-12(2)6-8-14)15-11-30-17(9-16(15)36-22(25)26)32-13(3)23(27,28)29;1-3-2/h9,11-14,22H,4-8,10H2,1-3H3,(H,30,32)(H,31,35);/t12?,13-,14?;/m1./s1. The minimum atomic E-state index is -4.58. The number of carbonyl (C=O) groups is 1. The van der Waals surface area contributed by atoms with Crippen LogP contribution in [0.2, 0.25) is 5.02 Å². The second-order valence-corrected chi connectivity index (χ2v) is 9.60. The molecule has 0 bridgehead atoms. The van der Waals surface area contributed by atoms with Crippen molar-refractivity contribution in [1.29, 1.82) is 0 Å². The van der Waals surface area contributed by atoms with Crippen LogP contribution in [0.5, 0.6) is 5.75 Å². The van der Waals surface area contributed by atoms with Crippen molar-refractivity contribution in [3.8, 4) is 17.0 Å². The molecule has 3 rings (SSSR count). The van der Waals surface area contributed by atoms with Crippen LogP contribution in [0, 0.1) is 11.8 Å². The molecule has 16 heteroatoms. The fourth-order valence-electron chi connectivity index (χ4n) is 4.12. The second kappa shape index (κ2) is 14.5. The Bertz CT molecular complexity index is 1150. The van der Waals surface area contributed by atoms with Gasteiger partial charge in [0.1, 0.15) is 17.6 Å². The van der Waals surface area contributed by atoms with Gasteiger partial charge in [-0.3, -0.25) is 9.48 Å². The van der Waals surface area contributed by atoms with E-state index in [1.54, 1.807) is 6.92 Å². The predicted octanol–water partition coefficient (Wildman–Crippen LogP) is 5.47. The molecule has 1 atom stereocenters. The molecule has 2 aromatic heterocycles. The number of aromatic nitrogens is 3. The summed E-state index contributed by atoms with van der Waals surface area (Å²) in [6.45, 7) is 2.20. The molecule has 39 heavy (non-hydrogen) atoms. The van der Waals surface area contributed by atoms with Gasteiger partial charge in [0.2, 0.25) is 0 Å². The third-order valence-electron chi connectivity index (χ3n) is 6.29. The maximum atomic E-state index is 13.2. The van der Waals surface area contributed by atoms with Gasteiger partial charge in [0.15, 0.2) is 5.69 Å². The molecule has 2 heterocycles. The molecule has 0 spiro atoms. The summed E-state index contributed by atoms with van der Waals surface area (Å²) in [5.41, 5.74) is -0.0388. The molecule has 0 aromatic carbocycles. The molecule has 0 unspecified atom stereocenters. The molecule has 218 valence electrons. The lowest BCUT2D eigenvalue weighted by Crippen LogP contribution is -2.33. The summed E-state index contributed by atoms with van der Waals surface area (Å²) in [6, 6.07) is -1.06. The maximum Gasteiger partial charge on any atom is 0.408 e. The van der Waals surface area contributed by atoms with Crippen LogP contribution in [-0.2, 0) is 18.1 Å². The summed E-state index contributed by atoms with van der Waals surface area (Å²) >= 11 is 5.74. The fraction of sp³-hybridized carbons (Fsp3) is 0.609. The summed E-state index contributed by atoms with van der Waals surface area (Å²) in [5, 5.41) is 9.10. The minimum absolute atomic E-state index is 0.0415. The molecule has 1 aliphatic carbocycles. The normalized spacial score (nSPS) is 18.1. The van der Waals surface area contributed by atoms with Crippen LogP contribution in [0.3, 0.4) is 0 Å². The van der Waals surface area contributed by atoms with Gasteiger partial charge in [-0.05, 0) is 38.5 Å². The summed E-state index contributed by atoms with van der Waals surface area (Å²) in [4.78, 5) is 16.8. The molecular weight excluding hydrogens is 573 g/mol. The molecule has 0 saturated heterocycles. The highest BCUT2D eigenvalue weighted by atomic mass is 35.5. The van der Waals surface area contributed by atoms with Gasteiger partial charge in [0.05, 0.1) is 16.3 Å². The van der Waals surface area contributed by atoms with Crippen LogP contribution in [0.25, 0.3) is 11.3 Å². The van der Waals surface area contributed by atoms with Crippen LogP contribution in [0.1, 0.15) is 56.9 Å². The monoisotopic (exact) mass is 601 g/mol. The largest absolute Gasteiger partial charge is 0.434 e. The molecule has 0 radical (unpaired) electrons. The van der Waals surface area contributed by atoms with E-state index in [1.807, 2.05) is 0 Å². The Hall–Kier alpha value is -2.81. The number of aryl methyl sites for hydroxylation is 1. The van der Waals surface area contributed by atoms with E-state index in [9.17, 15) is 26.7 Å². The number of anilines is 1. The maximum absolute atomic E-state index is 13.2. The molecular formula is C23H29ClF5N5O4S. The zero-order valence-corrected chi connectivity index (χ0v) is 22.9. The van der Waals surface area contributed by atoms with Gasteiger partial charge in [-0.1, -0.05) is 31.4 Å². The van der Waals surface area contributed by atoms with E-state index in [1.165, 1.54) is 4.68 Å². The van der Waals surface area contributed by atoms with Crippen molar-refractivity contribution in [3.63, 3.8) is 0 Å². The molecule has 2 aromatic rings. The second-order valence-electron chi connectivity index (χ2n) is 9.08. The van der Waals surface area contributed by atoms with E-state index < -0.39 is 42.1 Å². The highest BCUT2D eigenvalue weighted by Crippen LogP contribution is 2.39. The number of pyridine rings is 1. The highest BCUT2D eigenvalue weighted by Gasteiger charge is 2.36. The SMILES string of the molecule is CCn1nc(C(=O)NCC2CCC(C)CC2)c(Cl)c1-c1cnc(N[C@H](C)C(F)(F)F)cc1OC(F)F.O=S=O. The van der Waals surface area contributed by atoms with Crippen LogP contribution < -0.4 is 15.4 Å². The van der Waals surface area contributed by atoms with E-state index >= 15 is 0 Å². The third kappa shape index (κ3) is 9.12. The first kappa shape index (κ1) is 32.4. The van der Waals surface area contributed by atoms with E-state index in [4.69, 9.17) is 20.0 Å². The number of alkyl halides is 5. The Labute approximate surface area is 230 Å². The van der Waals surface area contributed by atoms with Gasteiger partial charge in [0, 0.05) is 25.4 Å². The van der Waals surface area contributed by atoms with Crippen LogP contribution in [0.15, 0.2) is 12.3 Å². The average Bonchev–Trinajstić information content (AvgIpc) is 3.19. The van der Waals surface area contributed by atoms with E-state index in [0.717, 1.165) is 44.9 Å². The number of hydrogen-bond acceptors (Lipinski definition) is 7. The molecule has 1 amide bonds. The first-order chi connectivity index (χ1) is 18.3. The predicted molar refractivity (Wildman–Crippen MR) is 134 cm³/mol. The Morgan fingerprint density at radius 1 is 1.26 bits per heavy atom. The molecule has 1 saturated carbocycles. The average molecular weight is 602 g/mol. The van der Waals surface area contributed by atoms with Gasteiger partial charge in [0.25, 0.3) is 5.91 Å². The van der Waals surface area contributed by atoms with Crippen molar-refractivity contribution < 1.29 is 39.9 Å². The number of ether oxygens (including phenoxy) is 1. The van der Waals surface area contributed by atoms with Gasteiger partial charge in [-0.25, -0.2) is 4.98 Å². The smallest absolute Gasteiger partial charge is 0.408 e. The van der Waals surface area contributed by atoms with Crippen molar-refractivity contribution >= 4 is 34.9 Å². The Balaban J connectivity index is 0.00000170. The highest BCUT2D eigenvalue weighted by molar-refractivity contribution is 7.51. The fourth-order valence-corrected chi connectivity index (χ4v) is 4.44. The van der Waals surface area contributed by atoms with Crippen molar-refractivity contribution in [1.82, 2.24) is 20.1 Å². The number of nitrogens with one attached hydrogen (secondary N) is 2. The number of rotatable bonds is 9. The Morgan fingerprint density at radius 3 is 2.41 bits per heavy atom. The molecule has 1 fully saturated rings. The number of amides is 1. The number of carbonyl (C=O) groups excluding carboxylic acids is 1. The van der Waals surface area contributed by atoms with E-state index in [0.29, 0.717) is 18.4 Å². The lowest BCUT2D eigenvalue weighted by Gasteiger charge is -2.26. The van der Waals surface area contributed by atoms with Crippen LogP contribution in [0.4, 0.5) is 27.8 Å². The molecule has 0 aliphatic heterocycles. The van der Waals surface area contributed by atoms with Crippen molar-refractivity contribution in [2.45, 2.75) is 71.8 Å². The number of nitrogens with zero attached hydrogens (tertiary/aromatic N) is 3. The molecule has 9 nitrogen and oxygen atoms in total. The van der Waals surface area contributed by atoms with Crippen LogP contribution >= 0.6 is 11.6 Å². The van der Waals surface area contributed by atoms with E-state index in [-0.39, 0.29) is 34.3 Å². The Kier molecular flexibility index (Phi) is 12.1. The number of halogens is 6. The van der Waals surface area contributed by atoms with Crippen molar-refractivity contribution in [2.75, 3.05) is 11.9 Å². The lowest BCUT2D eigenvalue weighted by atomic mass is 9.83. The lowest BCUT2D eigenvalue weighted by molar-refractivity contribution is -0.138. The van der Waals surface area contributed by atoms with Gasteiger partial charge >= 0.3 is 24.4 Å². The molecule has 1 aliphatic rings. The third-order valence-corrected chi connectivity index (χ3v) is 6.65. The first-order valence-corrected chi connectivity index (χ1v) is 13.1. The Morgan fingerprint density at radius 2 is 1.87 bits per heavy atom. The topological polar surface area (TPSA) is 115 Å². The molecule has 2 N–H and O–H groups in total. The van der Waals surface area contributed by atoms with Crippen molar-refractivity contribution in [2.24, 2.45) is 11.8 Å². The van der Waals surface area contributed by atoms with Gasteiger partial charge in [-0.2, -0.15) is 35.5 Å². The minimum Gasteiger partial charge on any atom is -0.434 e.